The Bertz CT molecular complexity index is 672. The van der Waals surface area contributed by atoms with E-state index in [4.69, 9.17) is 0 Å². The number of aliphatic hydroxyl groups is 1. The van der Waals surface area contributed by atoms with Gasteiger partial charge in [0.25, 0.3) is 5.91 Å². The number of para-hydroxylation sites is 1. The number of carbonyl (C=O) groups excluding carboxylic acids is 1. The molecule has 0 bridgehead atoms. The van der Waals surface area contributed by atoms with Crippen LogP contribution in [0.2, 0.25) is 0 Å². The van der Waals surface area contributed by atoms with Gasteiger partial charge in [-0.15, -0.1) is 0 Å². The minimum atomic E-state index is -0.388. The number of nitrogens with zero attached hydrogens (tertiary/aromatic N) is 1. The predicted octanol–water partition coefficient (Wildman–Crippen LogP) is 0.853. The molecule has 2 aromatic rings. The molecule has 2 atom stereocenters. The van der Waals surface area contributed by atoms with Gasteiger partial charge < -0.3 is 15.7 Å². The summed E-state index contributed by atoms with van der Waals surface area (Å²) in [5.41, 5.74) is 2.42. The maximum atomic E-state index is 12.3. The average molecular weight is 285 g/mol. The molecule has 2 unspecified atom stereocenters. The fourth-order valence-corrected chi connectivity index (χ4v) is 2.75. The molecule has 3 rings (SSSR count). The summed E-state index contributed by atoms with van der Waals surface area (Å²) in [6.07, 6.45) is 1.23. The van der Waals surface area contributed by atoms with Crippen molar-refractivity contribution in [3.05, 3.63) is 41.6 Å². The van der Waals surface area contributed by atoms with Crippen molar-refractivity contribution in [3.8, 4) is 0 Å². The highest BCUT2D eigenvalue weighted by molar-refractivity contribution is 5.99. The molecule has 1 aliphatic rings. The summed E-state index contributed by atoms with van der Waals surface area (Å²) >= 11 is 0. The van der Waals surface area contributed by atoms with Crippen LogP contribution in [0.5, 0.6) is 0 Å². The van der Waals surface area contributed by atoms with Gasteiger partial charge in [0.1, 0.15) is 0 Å². The van der Waals surface area contributed by atoms with Gasteiger partial charge in [-0.25, -0.2) is 0 Å². The van der Waals surface area contributed by atoms with Gasteiger partial charge in [-0.3, -0.25) is 9.78 Å². The molecule has 1 fully saturated rings. The van der Waals surface area contributed by atoms with Gasteiger partial charge in [-0.05, 0) is 18.6 Å². The average Bonchev–Trinajstić information content (AvgIpc) is 2.91. The van der Waals surface area contributed by atoms with Crippen LogP contribution in [-0.4, -0.2) is 41.7 Å². The van der Waals surface area contributed by atoms with Crippen molar-refractivity contribution in [2.45, 2.75) is 13.0 Å². The summed E-state index contributed by atoms with van der Waals surface area (Å²) in [4.78, 5) is 16.7. The van der Waals surface area contributed by atoms with Crippen LogP contribution in [0.4, 0.5) is 0 Å². The molecule has 2 heterocycles. The molecular weight excluding hydrogens is 266 g/mol. The third kappa shape index (κ3) is 2.75. The molecule has 0 radical (unpaired) electrons. The fraction of sp³-hybridized carbons (Fsp3) is 0.375. The second-order valence-corrected chi connectivity index (χ2v) is 5.51. The van der Waals surface area contributed by atoms with Crippen LogP contribution in [0, 0.1) is 12.8 Å². The van der Waals surface area contributed by atoms with E-state index < -0.39 is 0 Å². The van der Waals surface area contributed by atoms with Crippen LogP contribution < -0.4 is 10.6 Å². The van der Waals surface area contributed by atoms with Gasteiger partial charge in [0.05, 0.1) is 17.2 Å². The zero-order valence-corrected chi connectivity index (χ0v) is 12.0. The van der Waals surface area contributed by atoms with Gasteiger partial charge >= 0.3 is 0 Å². The van der Waals surface area contributed by atoms with Gasteiger partial charge in [-0.2, -0.15) is 0 Å². The number of benzene rings is 1. The second kappa shape index (κ2) is 5.79. The lowest BCUT2D eigenvalue weighted by atomic mass is 10.0. The number of β-amino-alcohol motifs (C(OH)–C–C–N with tert-alkyl or cyclic N) is 1. The van der Waals surface area contributed by atoms with Crippen LogP contribution >= 0.6 is 0 Å². The van der Waals surface area contributed by atoms with E-state index in [-0.39, 0.29) is 17.9 Å². The third-order valence-corrected chi connectivity index (χ3v) is 4.12. The fourth-order valence-electron chi connectivity index (χ4n) is 2.75. The van der Waals surface area contributed by atoms with Crippen molar-refractivity contribution in [2.24, 2.45) is 5.92 Å². The number of carbonyl (C=O) groups is 1. The topological polar surface area (TPSA) is 74.2 Å². The number of pyridine rings is 1. The number of nitrogens with one attached hydrogen (secondary N) is 2. The van der Waals surface area contributed by atoms with E-state index in [1.807, 2.05) is 31.2 Å². The highest BCUT2D eigenvalue weighted by Gasteiger charge is 2.25. The number of hydrogen-bond donors (Lipinski definition) is 3. The number of aromatic nitrogens is 1. The Labute approximate surface area is 123 Å². The standard InChI is InChI=1S/C16H19N3O2/c1-10-12-4-2-3-5-14(12)18-8-13(10)16(21)19-7-11-6-17-9-15(11)20/h2-5,8,11,15,17,20H,6-7,9H2,1H3,(H,19,21). The van der Waals surface area contributed by atoms with Crippen LogP contribution in [-0.2, 0) is 0 Å². The molecule has 5 heteroatoms. The van der Waals surface area contributed by atoms with E-state index >= 15 is 0 Å². The van der Waals surface area contributed by atoms with Crippen molar-refractivity contribution in [1.29, 1.82) is 0 Å². The van der Waals surface area contributed by atoms with E-state index in [1.54, 1.807) is 6.20 Å². The normalized spacial score (nSPS) is 21.6. The second-order valence-electron chi connectivity index (χ2n) is 5.51. The number of fused-ring (bicyclic) bond motifs is 1. The lowest BCUT2D eigenvalue weighted by Crippen LogP contribution is -2.34. The molecule has 5 nitrogen and oxygen atoms in total. The van der Waals surface area contributed by atoms with E-state index in [0.717, 1.165) is 23.0 Å². The van der Waals surface area contributed by atoms with Gasteiger partial charge in [0, 0.05) is 37.1 Å². The van der Waals surface area contributed by atoms with Crippen molar-refractivity contribution in [1.82, 2.24) is 15.6 Å². The Hall–Kier alpha value is -1.98. The zero-order valence-electron chi connectivity index (χ0n) is 12.0. The smallest absolute Gasteiger partial charge is 0.253 e. The highest BCUT2D eigenvalue weighted by Crippen LogP contribution is 2.19. The van der Waals surface area contributed by atoms with E-state index in [9.17, 15) is 9.90 Å². The first-order chi connectivity index (χ1) is 10.2. The van der Waals surface area contributed by atoms with Crippen LogP contribution in [0.15, 0.2) is 30.5 Å². The number of aryl methyl sites for hydroxylation is 1. The van der Waals surface area contributed by atoms with Crippen molar-refractivity contribution < 1.29 is 9.90 Å². The SMILES string of the molecule is Cc1c(C(=O)NCC2CNCC2O)cnc2ccccc12. The maximum absolute atomic E-state index is 12.3. The third-order valence-electron chi connectivity index (χ3n) is 4.12. The maximum Gasteiger partial charge on any atom is 0.253 e. The molecule has 3 N–H and O–H groups in total. The molecule has 0 spiro atoms. The van der Waals surface area contributed by atoms with Crippen molar-refractivity contribution >= 4 is 16.8 Å². The number of hydrogen-bond acceptors (Lipinski definition) is 4. The number of amides is 1. The van der Waals surface area contributed by atoms with Gasteiger partial charge in [0.15, 0.2) is 0 Å². The minimum Gasteiger partial charge on any atom is -0.391 e. The summed E-state index contributed by atoms with van der Waals surface area (Å²) in [6.45, 7) is 3.73. The summed E-state index contributed by atoms with van der Waals surface area (Å²) in [5.74, 6) is -0.0625. The van der Waals surface area contributed by atoms with E-state index in [2.05, 4.69) is 15.6 Å². The molecule has 1 aromatic carbocycles. The molecule has 1 aromatic heterocycles. The minimum absolute atomic E-state index is 0.0719. The summed E-state index contributed by atoms with van der Waals surface area (Å²) in [5, 5.41) is 16.7. The molecular formula is C16H19N3O2. The summed E-state index contributed by atoms with van der Waals surface area (Å²) in [7, 11) is 0. The largest absolute Gasteiger partial charge is 0.391 e. The van der Waals surface area contributed by atoms with Crippen LogP contribution in [0.3, 0.4) is 0 Å². The first-order valence-corrected chi connectivity index (χ1v) is 7.18. The molecule has 1 amide bonds. The highest BCUT2D eigenvalue weighted by atomic mass is 16.3. The first kappa shape index (κ1) is 14.0. The molecule has 1 aliphatic heterocycles. The first-order valence-electron chi connectivity index (χ1n) is 7.18. The van der Waals surface area contributed by atoms with Crippen molar-refractivity contribution in [2.75, 3.05) is 19.6 Å². The van der Waals surface area contributed by atoms with Gasteiger partial charge in [-0.1, -0.05) is 18.2 Å². The monoisotopic (exact) mass is 285 g/mol. The Balaban J connectivity index is 1.77. The van der Waals surface area contributed by atoms with Gasteiger partial charge in [0.2, 0.25) is 0 Å². The molecule has 21 heavy (non-hydrogen) atoms. The Morgan fingerprint density at radius 1 is 1.43 bits per heavy atom. The van der Waals surface area contributed by atoms with E-state index in [1.165, 1.54) is 0 Å². The Morgan fingerprint density at radius 2 is 2.24 bits per heavy atom. The molecule has 0 saturated carbocycles. The molecule has 110 valence electrons. The number of rotatable bonds is 3. The van der Waals surface area contributed by atoms with Crippen LogP contribution in [0.1, 0.15) is 15.9 Å². The number of aliphatic hydroxyl groups excluding tert-OH is 1. The lowest BCUT2D eigenvalue weighted by Gasteiger charge is -2.15. The Kier molecular flexibility index (Phi) is 3.86. The summed E-state index contributed by atoms with van der Waals surface area (Å²) < 4.78 is 0. The van der Waals surface area contributed by atoms with Crippen molar-refractivity contribution in [3.63, 3.8) is 0 Å². The lowest BCUT2D eigenvalue weighted by molar-refractivity contribution is 0.0926. The molecule has 0 aliphatic carbocycles. The quantitative estimate of drug-likeness (QED) is 0.782. The Morgan fingerprint density at radius 3 is 3.00 bits per heavy atom. The van der Waals surface area contributed by atoms with Crippen LogP contribution in [0.25, 0.3) is 10.9 Å². The predicted molar refractivity (Wildman–Crippen MR) is 81.2 cm³/mol. The molecule has 1 saturated heterocycles. The zero-order chi connectivity index (χ0) is 14.8. The summed E-state index contributed by atoms with van der Waals surface area (Å²) in [6, 6.07) is 7.78. The van der Waals surface area contributed by atoms with E-state index in [0.29, 0.717) is 18.7 Å².